The lowest BCUT2D eigenvalue weighted by molar-refractivity contribution is -0.385. The summed E-state index contributed by atoms with van der Waals surface area (Å²) in [6, 6.07) is 4.26. The van der Waals surface area contributed by atoms with Crippen LogP contribution in [0.5, 0.6) is 0 Å². The number of hydrogen-bond acceptors (Lipinski definition) is 7. The smallest absolute Gasteiger partial charge is 0.357 e. The number of methoxy groups -OCH3 is 1. The molecule has 1 amide bonds. The summed E-state index contributed by atoms with van der Waals surface area (Å²) >= 11 is 1.25. The quantitative estimate of drug-likeness (QED) is 0.435. The summed E-state index contributed by atoms with van der Waals surface area (Å²) in [5.74, 6) is -0.873. The Hall–Kier alpha value is -2.81. The summed E-state index contributed by atoms with van der Waals surface area (Å²) in [5, 5.41) is 13.3. The predicted octanol–water partition coefficient (Wildman–Crippen LogP) is 3.20. The minimum absolute atomic E-state index is 0.0956. The maximum Gasteiger partial charge on any atom is 0.357 e. The maximum atomic E-state index is 12.9. The van der Waals surface area contributed by atoms with Crippen LogP contribution in [0.15, 0.2) is 23.6 Å². The van der Waals surface area contributed by atoms with E-state index in [9.17, 15) is 19.7 Å². The largest absolute Gasteiger partial charge is 0.464 e. The topological polar surface area (TPSA) is 103 Å². The number of amides is 1. The van der Waals surface area contributed by atoms with Gasteiger partial charge in [-0.2, -0.15) is 0 Å². The van der Waals surface area contributed by atoms with E-state index in [2.05, 4.69) is 9.72 Å². The van der Waals surface area contributed by atoms with Crippen LogP contribution in [0.3, 0.4) is 0 Å². The van der Waals surface area contributed by atoms with Gasteiger partial charge >= 0.3 is 5.97 Å². The molecule has 138 valence electrons. The van der Waals surface area contributed by atoms with Gasteiger partial charge in [-0.15, -0.1) is 11.3 Å². The van der Waals surface area contributed by atoms with Gasteiger partial charge in [-0.1, -0.05) is 6.07 Å². The normalized spacial score (nSPS) is 10.7. The van der Waals surface area contributed by atoms with Gasteiger partial charge in [-0.25, -0.2) is 9.78 Å². The third kappa shape index (κ3) is 4.23. The van der Waals surface area contributed by atoms with E-state index in [-0.39, 0.29) is 35.4 Å². The fraction of sp³-hybridized carbons (Fsp3) is 0.353. The molecular weight excluding hydrogens is 358 g/mol. The number of rotatable bonds is 6. The molecule has 0 radical (unpaired) electrons. The van der Waals surface area contributed by atoms with Gasteiger partial charge in [0.1, 0.15) is 5.01 Å². The second-order valence-electron chi connectivity index (χ2n) is 5.90. The molecular formula is C17H19N3O5S. The number of aromatic nitrogens is 1. The molecule has 8 nitrogen and oxygen atoms in total. The van der Waals surface area contributed by atoms with Crippen molar-refractivity contribution in [1.29, 1.82) is 0 Å². The Bertz CT molecular complexity index is 847. The molecule has 0 spiro atoms. The number of ether oxygens (including phenoxy) is 1. The van der Waals surface area contributed by atoms with Crippen LogP contribution < -0.4 is 0 Å². The molecule has 0 N–H and O–H groups in total. The number of benzene rings is 1. The number of nitro groups is 1. The lowest BCUT2D eigenvalue weighted by Gasteiger charge is -2.26. The summed E-state index contributed by atoms with van der Waals surface area (Å²) in [7, 11) is 1.27. The molecule has 0 atom stereocenters. The molecule has 9 heteroatoms. The predicted molar refractivity (Wildman–Crippen MR) is 96.3 cm³/mol. The third-order valence-electron chi connectivity index (χ3n) is 3.79. The summed E-state index contributed by atoms with van der Waals surface area (Å²) in [4.78, 5) is 40.7. The fourth-order valence-corrected chi connectivity index (χ4v) is 3.08. The maximum absolute atomic E-state index is 12.9. The number of carbonyl (C=O) groups excluding carboxylic acids is 2. The van der Waals surface area contributed by atoms with Crippen LogP contribution in [0.4, 0.5) is 5.69 Å². The summed E-state index contributed by atoms with van der Waals surface area (Å²) < 4.78 is 4.63. The van der Waals surface area contributed by atoms with Crippen molar-refractivity contribution in [3.63, 3.8) is 0 Å². The number of esters is 1. The molecule has 1 aromatic carbocycles. The van der Waals surface area contributed by atoms with Crippen LogP contribution in [0.1, 0.15) is 45.3 Å². The average Bonchev–Trinajstić information content (AvgIpc) is 3.07. The number of nitro benzene ring substituents is 1. The number of aryl methyl sites for hydroxylation is 1. The van der Waals surface area contributed by atoms with E-state index in [1.165, 1.54) is 24.5 Å². The molecule has 0 saturated carbocycles. The van der Waals surface area contributed by atoms with Gasteiger partial charge in [0.2, 0.25) is 0 Å². The van der Waals surface area contributed by atoms with Crippen LogP contribution in [0.25, 0.3) is 0 Å². The van der Waals surface area contributed by atoms with Crippen LogP contribution in [-0.2, 0) is 11.3 Å². The zero-order valence-electron chi connectivity index (χ0n) is 14.9. The van der Waals surface area contributed by atoms with E-state index in [1.54, 1.807) is 29.3 Å². The summed E-state index contributed by atoms with van der Waals surface area (Å²) in [5.41, 5.74) is 0.822. The SMILES string of the molecule is COC(=O)c1csc(CN(C(=O)c2ccc(C)c([N+](=O)[O-])c2)C(C)C)n1. The van der Waals surface area contributed by atoms with E-state index in [0.717, 1.165) is 0 Å². The standard InChI is InChI=1S/C17H19N3O5S/c1-10(2)19(8-15-18-13(9-26-15)17(22)25-4)16(21)12-6-5-11(3)14(7-12)20(23)24/h5-7,9-10H,8H2,1-4H3. The van der Waals surface area contributed by atoms with E-state index in [1.807, 2.05) is 13.8 Å². The highest BCUT2D eigenvalue weighted by atomic mass is 32.1. The second kappa shape index (κ2) is 8.05. The van der Waals surface area contributed by atoms with Crippen molar-refractivity contribution in [2.24, 2.45) is 0 Å². The Balaban J connectivity index is 2.28. The van der Waals surface area contributed by atoms with E-state index >= 15 is 0 Å². The van der Waals surface area contributed by atoms with Crippen molar-refractivity contribution in [2.45, 2.75) is 33.4 Å². The molecule has 0 fully saturated rings. The van der Waals surface area contributed by atoms with Gasteiger partial charge in [0.25, 0.3) is 11.6 Å². The van der Waals surface area contributed by atoms with E-state index in [4.69, 9.17) is 0 Å². The highest BCUT2D eigenvalue weighted by Crippen LogP contribution is 2.22. The molecule has 0 unspecified atom stereocenters. The first-order valence-electron chi connectivity index (χ1n) is 7.83. The van der Waals surface area contributed by atoms with Crippen molar-refractivity contribution in [3.8, 4) is 0 Å². The highest BCUT2D eigenvalue weighted by molar-refractivity contribution is 7.09. The molecule has 0 aliphatic heterocycles. The molecule has 2 rings (SSSR count). The Labute approximate surface area is 154 Å². The van der Waals surface area contributed by atoms with Gasteiger partial charge in [-0.05, 0) is 26.8 Å². The lowest BCUT2D eigenvalue weighted by atomic mass is 10.1. The monoisotopic (exact) mass is 377 g/mol. The van der Waals surface area contributed by atoms with E-state index < -0.39 is 10.9 Å². The molecule has 2 aromatic rings. The van der Waals surface area contributed by atoms with Crippen molar-refractivity contribution < 1.29 is 19.2 Å². The molecule has 26 heavy (non-hydrogen) atoms. The van der Waals surface area contributed by atoms with Gasteiger partial charge in [0, 0.05) is 28.6 Å². The minimum Gasteiger partial charge on any atom is -0.464 e. The number of nitrogens with zero attached hydrogens (tertiary/aromatic N) is 3. The van der Waals surface area contributed by atoms with Gasteiger partial charge in [0.05, 0.1) is 18.6 Å². The Kier molecular flexibility index (Phi) is 6.04. The highest BCUT2D eigenvalue weighted by Gasteiger charge is 2.23. The van der Waals surface area contributed by atoms with Crippen LogP contribution in [-0.4, -0.2) is 39.8 Å². The van der Waals surface area contributed by atoms with E-state index in [0.29, 0.717) is 10.6 Å². The second-order valence-corrected chi connectivity index (χ2v) is 6.85. The zero-order chi connectivity index (χ0) is 19.4. The first-order valence-corrected chi connectivity index (χ1v) is 8.71. The van der Waals surface area contributed by atoms with Crippen molar-refractivity contribution in [1.82, 2.24) is 9.88 Å². The lowest BCUT2D eigenvalue weighted by Crippen LogP contribution is -2.36. The third-order valence-corrected chi connectivity index (χ3v) is 4.62. The number of hydrogen-bond donors (Lipinski definition) is 0. The van der Waals surface area contributed by atoms with Gasteiger partial charge < -0.3 is 9.64 Å². The first kappa shape index (κ1) is 19.5. The zero-order valence-corrected chi connectivity index (χ0v) is 15.7. The number of thiazole rings is 1. The summed E-state index contributed by atoms with van der Waals surface area (Å²) in [6.07, 6.45) is 0. The first-order chi connectivity index (χ1) is 12.2. The van der Waals surface area contributed by atoms with Crippen LogP contribution in [0, 0.1) is 17.0 Å². The molecule has 1 heterocycles. The minimum atomic E-state index is -0.538. The summed E-state index contributed by atoms with van der Waals surface area (Å²) in [6.45, 7) is 5.50. The molecule has 0 saturated heterocycles. The molecule has 1 aromatic heterocycles. The van der Waals surface area contributed by atoms with Crippen molar-refractivity contribution in [2.75, 3.05) is 7.11 Å². The van der Waals surface area contributed by atoms with Gasteiger partial charge in [0.15, 0.2) is 5.69 Å². The molecule has 0 aliphatic carbocycles. The fourth-order valence-electron chi connectivity index (χ4n) is 2.32. The molecule has 0 bridgehead atoms. The molecule has 0 aliphatic rings. The Morgan fingerprint density at radius 1 is 1.38 bits per heavy atom. The van der Waals surface area contributed by atoms with Crippen molar-refractivity contribution >= 4 is 28.9 Å². The van der Waals surface area contributed by atoms with Crippen LogP contribution in [0.2, 0.25) is 0 Å². The average molecular weight is 377 g/mol. The van der Waals surface area contributed by atoms with Crippen LogP contribution >= 0.6 is 11.3 Å². The van der Waals surface area contributed by atoms with Gasteiger partial charge in [-0.3, -0.25) is 14.9 Å². The Morgan fingerprint density at radius 2 is 2.08 bits per heavy atom. The van der Waals surface area contributed by atoms with Crippen molar-refractivity contribution in [3.05, 3.63) is 55.5 Å². The number of carbonyl (C=O) groups is 2. The Morgan fingerprint density at radius 3 is 2.65 bits per heavy atom.